The highest BCUT2D eigenvalue weighted by atomic mass is 127. The number of nitrogens with one attached hydrogen (secondary N) is 3. The number of carboxylic acids is 3. The number of carbonyl (C=O) groups excluding carboxylic acids is 1. The Morgan fingerprint density at radius 3 is 2.13 bits per heavy atom. The van der Waals surface area contributed by atoms with E-state index < -0.39 is 42.4 Å². The molecule has 0 aliphatic heterocycles. The van der Waals surface area contributed by atoms with Crippen LogP contribution in [-0.2, 0) is 20.9 Å². The van der Waals surface area contributed by atoms with Crippen molar-refractivity contribution in [1.82, 2.24) is 16.0 Å². The van der Waals surface area contributed by atoms with Gasteiger partial charge in [0.25, 0.3) is 0 Å². The van der Waals surface area contributed by atoms with Crippen molar-refractivity contribution in [1.29, 1.82) is 0 Å². The summed E-state index contributed by atoms with van der Waals surface area (Å²) in [6.45, 7) is 1.38. The summed E-state index contributed by atoms with van der Waals surface area (Å²) < 4.78 is 1.15. The van der Waals surface area contributed by atoms with E-state index in [9.17, 15) is 24.3 Å². The van der Waals surface area contributed by atoms with E-state index in [-0.39, 0.29) is 12.8 Å². The van der Waals surface area contributed by atoms with Crippen molar-refractivity contribution in [3.8, 4) is 0 Å². The first-order valence-corrected chi connectivity index (χ1v) is 10.5. The van der Waals surface area contributed by atoms with Gasteiger partial charge in [0.1, 0.15) is 12.1 Å². The number of halogens is 1. The van der Waals surface area contributed by atoms with E-state index in [1.165, 1.54) is 0 Å². The van der Waals surface area contributed by atoms with Crippen LogP contribution in [-0.4, -0.2) is 57.9 Å². The van der Waals surface area contributed by atoms with Gasteiger partial charge in [0.05, 0.1) is 0 Å². The standard InChI is InChI=1S/C19H26IN3O7/c20-13-5-3-4-12(10-13)11-21-9-2-1-6-14(17(26)27)22-19(30)23-15(18(28)29)7-8-16(24)25/h3-5,10,14-15,21H,1-2,6-9,11H2,(H,24,25)(H,26,27)(H,28,29)(H2,22,23,30)/t14-,15-/m0/s1. The van der Waals surface area contributed by atoms with Crippen molar-refractivity contribution >= 4 is 46.5 Å². The molecule has 166 valence electrons. The summed E-state index contributed by atoms with van der Waals surface area (Å²) in [5.41, 5.74) is 1.15. The Morgan fingerprint density at radius 1 is 0.933 bits per heavy atom. The molecule has 11 heteroatoms. The summed E-state index contributed by atoms with van der Waals surface area (Å²) in [5.74, 6) is -3.81. The fourth-order valence-corrected chi connectivity index (χ4v) is 3.23. The molecule has 0 unspecified atom stereocenters. The van der Waals surface area contributed by atoms with Crippen molar-refractivity contribution in [3.05, 3.63) is 33.4 Å². The molecule has 30 heavy (non-hydrogen) atoms. The van der Waals surface area contributed by atoms with Crippen molar-refractivity contribution < 1.29 is 34.5 Å². The zero-order chi connectivity index (χ0) is 22.5. The number of aliphatic carboxylic acids is 3. The number of benzene rings is 1. The van der Waals surface area contributed by atoms with Crippen molar-refractivity contribution in [2.45, 2.75) is 50.7 Å². The SMILES string of the molecule is O=C(O)CC[C@H](NC(=O)N[C@@H](CCCCNCc1cccc(I)c1)C(=O)O)C(=O)O. The number of unbranched alkanes of at least 4 members (excludes halogenated alkanes) is 1. The van der Waals surface area contributed by atoms with Crippen LogP contribution in [0.3, 0.4) is 0 Å². The maximum Gasteiger partial charge on any atom is 0.326 e. The lowest BCUT2D eigenvalue weighted by atomic mass is 10.1. The molecule has 0 heterocycles. The quantitative estimate of drug-likeness (QED) is 0.155. The summed E-state index contributed by atoms with van der Waals surface area (Å²) in [6.07, 6.45) is 0.683. The fourth-order valence-electron chi connectivity index (χ4n) is 2.62. The van der Waals surface area contributed by atoms with Crippen LogP contribution in [0.1, 0.15) is 37.7 Å². The van der Waals surface area contributed by atoms with Gasteiger partial charge in [0, 0.05) is 16.5 Å². The largest absolute Gasteiger partial charge is 0.481 e. The van der Waals surface area contributed by atoms with Crippen molar-refractivity contribution in [2.24, 2.45) is 0 Å². The van der Waals surface area contributed by atoms with Gasteiger partial charge in [-0.2, -0.15) is 0 Å². The third-order valence-corrected chi connectivity index (χ3v) is 4.84. The molecule has 1 rings (SSSR count). The van der Waals surface area contributed by atoms with Crippen LogP contribution in [0.4, 0.5) is 4.79 Å². The molecule has 0 spiro atoms. The zero-order valence-corrected chi connectivity index (χ0v) is 18.4. The normalized spacial score (nSPS) is 12.6. The maximum absolute atomic E-state index is 11.9. The van der Waals surface area contributed by atoms with Crippen molar-refractivity contribution in [3.63, 3.8) is 0 Å². The monoisotopic (exact) mass is 535 g/mol. The van der Waals surface area contributed by atoms with Gasteiger partial charge >= 0.3 is 23.9 Å². The highest BCUT2D eigenvalue weighted by Gasteiger charge is 2.24. The summed E-state index contributed by atoms with van der Waals surface area (Å²) in [5, 5.41) is 34.5. The minimum absolute atomic E-state index is 0.181. The molecule has 0 bridgehead atoms. The molecular formula is C19H26IN3O7. The molecule has 0 aliphatic carbocycles. The Balaban J connectivity index is 2.35. The van der Waals surface area contributed by atoms with Crippen LogP contribution in [0.25, 0.3) is 0 Å². The lowest BCUT2D eigenvalue weighted by molar-refractivity contribution is -0.140. The minimum Gasteiger partial charge on any atom is -0.481 e. The number of rotatable bonds is 14. The van der Waals surface area contributed by atoms with Gasteiger partial charge in [0.2, 0.25) is 0 Å². The van der Waals surface area contributed by atoms with Crippen LogP contribution < -0.4 is 16.0 Å². The minimum atomic E-state index is -1.42. The predicted octanol–water partition coefficient (Wildman–Crippen LogP) is 1.62. The molecule has 0 saturated carbocycles. The highest BCUT2D eigenvalue weighted by molar-refractivity contribution is 14.1. The molecule has 0 radical (unpaired) electrons. The van der Waals surface area contributed by atoms with Gasteiger partial charge in [-0.05, 0) is 72.5 Å². The Labute approximate surface area is 187 Å². The molecule has 2 atom stereocenters. The van der Waals surface area contributed by atoms with E-state index >= 15 is 0 Å². The Hall–Kier alpha value is -2.41. The first kappa shape index (κ1) is 25.6. The second-order valence-electron chi connectivity index (χ2n) is 6.63. The lowest BCUT2D eigenvalue weighted by Crippen LogP contribution is -2.51. The molecule has 0 saturated heterocycles. The third kappa shape index (κ3) is 11.0. The van der Waals surface area contributed by atoms with Crippen LogP contribution >= 0.6 is 22.6 Å². The average Bonchev–Trinajstić information content (AvgIpc) is 2.66. The predicted molar refractivity (Wildman–Crippen MR) is 116 cm³/mol. The van der Waals surface area contributed by atoms with E-state index in [4.69, 9.17) is 10.2 Å². The second-order valence-corrected chi connectivity index (χ2v) is 7.88. The number of carboxylic acid groups (broad SMARTS) is 3. The molecule has 1 aromatic carbocycles. The molecule has 0 aliphatic rings. The van der Waals surface area contributed by atoms with Gasteiger partial charge in [-0.15, -0.1) is 0 Å². The topological polar surface area (TPSA) is 165 Å². The average molecular weight is 535 g/mol. The third-order valence-electron chi connectivity index (χ3n) is 4.17. The van der Waals surface area contributed by atoms with Gasteiger partial charge in [-0.3, -0.25) is 4.79 Å². The number of hydrogen-bond donors (Lipinski definition) is 6. The van der Waals surface area contributed by atoms with E-state index in [0.717, 1.165) is 9.13 Å². The van der Waals surface area contributed by atoms with E-state index in [1.807, 2.05) is 18.2 Å². The number of amides is 2. The van der Waals surface area contributed by atoms with Gasteiger partial charge in [-0.1, -0.05) is 12.1 Å². The van der Waals surface area contributed by atoms with E-state index in [0.29, 0.717) is 25.9 Å². The zero-order valence-electron chi connectivity index (χ0n) is 16.3. The molecule has 0 aromatic heterocycles. The van der Waals surface area contributed by atoms with Crippen LogP contribution in [0.2, 0.25) is 0 Å². The van der Waals surface area contributed by atoms with Crippen molar-refractivity contribution in [2.75, 3.05) is 6.54 Å². The fraction of sp³-hybridized carbons (Fsp3) is 0.474. The summed E-state index contributed by atoms with van der Waals surface area (Å²) in [7, 11) is 0. The summed E-state index contributed by atoms with van der Waals surface area (Å²) >= 11 is 2.24. The second kappa shape index (κ2) is 13.7. The summed E-state index contributed by atoms with van der Waals surface area (Å²) in [4.78, 5) is 44.9. The molecule has 10 nitrogen and oxygen atoms in total. The van der Waals surface area contributed by atoms with E-state index in [2.05, 4.69) is 44.6 Å². The molecule has 1 aromatic rings. The Bertz CT molecular complexity index is 745. The molecule has 0 fully saturated rings. The molecule has 6 N–H and O–H groups in total. The summed E-state index contributed by atoms with van der Waals surface area (Å²) in [6, 6.07) is 4.51. The maximum atomic E-state index is 11.9. The molecule has 2 amide bonds. The highest BCUT2D eigenvalue weighted by Crippen LogP contribution is 2.08. The van der Waals surface area contributed by atoms with Crippen LogP contribution in [0.5, 0.6) is 0 Å². The van der Waals surface area contributed by atoms with Gasteiger partial charge in [-0.25, -0.2) is 14.4 Å². The number of hydrogen-bond acceptors (Lipinski definition) is 5. The van der Waals surface area contributed by atoms with Gasteiger partial charge < -0.3 is 31.3 Å². The number of carbonyl (C=O) groups is 4. The number of urea groups is 1. The van der Waals surface area contributed by atoms with Crippen LogP contribution in [0.15, 0.2) is 24.3 Å². The van der Waals surface area contributed by atoms with E-state index in [1.54, 1.807) is 0 Å². The smallest absolute Gasteiger partial charge is 0.326 e. The Kier molecular flexibility index (Phi) is 11.7. The first-order chi connectivity index (χ1) is 14.2. The van der Waals surface area contributed by atoms with Crippen LogP contribution in [0, 0.1) is 3.57 Å². The molecular weight excluding hydrogens is 509 g/mol. The first-order valence-electron chi connectivity index (χ1n) is 9.38. The van der Waals surface area contributed by atoms with Gasteiger partial charge in [0.15, 0.2) is 0 Å². The lowest BCUT2D eigenvalue weighted by Gasteiger charge is -2.18. The Morgan fingerprint density at radius 2 is 1.57 bits per heavy atom.